The second-order valence-corrected chi connectivity index (χ2v) is 3.55. The standard InChI is InChI=1S/C9H11NOS2/c12-9(13)10-6-7-11-8-4-2-1-3-5-8/h1-5H,6-7H2,(H2,10,12,13). The molecule has 0 aromatic heterocycles. The van der Waals surface area contributed by atoms with Crippen LogP contribution in [0.3, 0.4) is 0 Å². The first-order chi connectivity index (χ1) is 6.29. The summed E-state index contributed by atoms with van der Waals surface area (Å²) in [7, 11) is 0. The average Bonchev–Trinajstić information content (AvgIpc) is 2.14. The fourth-order valence-electron chi connectivity index (χ4n) is 0.844. The molecule has 1 N–H and O–H groups in total. The highest BCUT2D eigenvalue weighted by Crippen LogP contribution is 2.07. The van der Waals surface area contributed by atoms with Gasteiger partial charge in [0.2, 0.25) is 0 Å². The van der Waals surface area contributed by atoms with E-state index in [1.807, 2.05) is 30.3 Å². The lowest BCUT2D eigenvalue weighted by Crippen LogP contribution is -2.22. The van der Waals surface area contributed by atoms with E-state index in [0.717, 1.165) is 5.75 Å². The molecule has 0 heterocycles. The van der Waals surface area contributed by atoms with Crippen LogP contribution in [0.25, 0.3) is 0 Å². The molecule has 0 unspecified atom stereocenters. The highest BCUT2D eigenvalue weighted by molar-refractivity contribution is 8.11. The van der Waals surface area contributed by atoms with Crippen molar-refractivity contribution in [2.75, 3.05) is 13.2 Å². The van der Waals surface area contributed by atoms with Gasteiger partial charge >= 0.3 is 0 Å². The summed E-state index contributed by atoms with van der Waals surface area (Å²) in [5.74, 6) is 0.870. The van der Waals surface area contributed by atoms with Gasteiger partial charge in [-0.1, -0.05) is 30.4 Å². The third kappa shape index (κ3) is 4.75. The van der Waals surface area contributed by atoms with E-state index < -0.39 is 0 Å². The van der Waals surface area contributed by atoms with Crippen molar-refractivity contribution in [1.82, 2.24) is 5.32 Å². The summed E-state index contributed by atoms with van der Waals surface area (Å²) >= 11 is 8.65. The third-order valence-electron chi connectivity index (χ3n) is 1.39. The lowest BCUT2D eigenvalue weighted by molar-refractivity contribution is 0.323. The largest absolute Gasteiger partial charge is 0.492 e. The maximum Gasteiger partial charge on any atom is 0.130 e. The van der Waals surface area contributed by atoms with E-state index in [9.17, 15) is 0 Å². The van der Waals surface area contributed by atoms with Gasteiger partial charge in [-0.05, 0) is 12.1 Å². The van der Waals surface area contributed by atoms with E-state index >= 15 is 0 Å². The van der Waals surface area contributed by atoms with Gasteiger partial charge in [-0.15, -0.1) is 12.6 Å². The molecule has 70 valence electrons. The minimum Gasteiger partial charge on any atom is -0.492 e. The Labute approximate surface area is 88.7 Å². The highest BCUT2D eigenvalue weighted by atomic mass is 32.1. The van der Waals surface area contributed by atoms with Crippen LogP contribution in [0, 0.1) is 0 Å². The van der Waals surface area contributed by atoms with Gasteiger partial charge in [0, 0.05) is 0 Å². The molecular weight excluding hydrogens is 202 g/mol. The lowest BCUT2D eigenvalue weighted by Gasteiger charge is -2.06. The van der Waals surface area contributed by atoms with Gasteiger partial charge in [-0.25, -0.2) is 0 Å². The van der Waals surface area contributed by atoms with E-state index in [1.165, 1.54) is 0 Å². The van der Waals surface area contributed by atoms with E-state index in [2.05, 4.69) is 17.9 Å². The molecule has 0 spiro atoms. The van der Waals surface area contributed by atoms with Crippen molar-refractivity contribution in [1.29, 1.82) is 0 Å². The maximum absolute atomic E-state index is 5.40. The molecule has 0 aliphatic carbocycles. The minimum atomic E-state index is 0.497. The summed E-state index contributed by atoms with van der Waals surface area (Å²) in [5, 5.41) is 2.89. The summed E-state index contributed by atoms with van der Waals surface area (Å²) in [6, 6.07) is 9.66. The van der Waals surface area contributed by atoms with E-state index in [4.69, 9.17) is 17.0 Å². The van der Waals surface area contributed by atoms with Crippen LogP contribution in [0.15, 0.2) is 30.3 Å². The van der Waals surface area contributed by atoms with Crippen LogP contribution in [-0.2, 0) is 0 Å². The first-order valence-corrected chi connectivity index (χ1v) is 4.79. The second-order valence-electron chi connectivity index (χ2n) is 2.39. The molecule has 0 aliphatic heterocycles. The lowest BCUT2D eigenvalue weighted by atomic mass is 10.3. The summed E-state index contributed by atoms with van der Waals surface area (Å²) in [4.78, 5) is 0. The summed E-state index contributed by atoms with van der Waals surface area (Å²) < 4.78 is 5.90. The van der Waals surface area contributed by atoms with Crippen LogP contribution < -0.4 is 10.1 Å². The molecule has 0 bridgehead atoms. The van der Waals surface area contributed by atoms with E-state index in [0.29, 0.717) is 17.5 Å². The van der Waals surface area contributed by atoms with Gasteiger partial charge < -0.3 is 10.1 Å². The minimum absolute atomic E-state index is 0.497. The average molecular weight is 213 g/mol. The Hall–Kier alpha value is -0.740. The Kier molecular flexibility index (Phi) is 4.64. The Morgan fingerprint density at radius 2 is 2.08 bits per heavy atom. The van der Waals surface area contributed by atoms with Crippen molar-refractivity contribution in [3.8, 4) is 5.75 Å². The van der Waals surface area contributed by atoms with Crippen LogP contribution >= 0.6 is 24.8 Å². The van der Waals surface area contributed by atoms with E-state index in [-0.39, 0.29) is 0 Å². The van der Waals surface area contributed by atoms with Gasteiger partial charge in [-0.3, -0.25) is 0 Å². The van der Waals surface area contributed by atoms with Crippen LogP contribution in [0.5, 0.6) is 5.75 Å². The molecule has 0 atom stereocenters. The number of para-hydroxylation sites is 1. The predicted octanol–water partition coefficient (Wildman–Crippen LogP) is 1.87. The van der Waals surface area contributed by atoms with Crippen molar-refractivity contribution in [3.63, 3.8) is 0 Å². The second kappa shape index (κ2) is 5.83. The fraction of sp³-hybridized carbons (Fsp3) is 0.222. The smallest absolute Gasteiger partial charge is 0.130 e. The molecule has 1 rings (SSSR count). The predicted molar refractivity (Wildman–Crippen MR) is 61.5 cm³/mol. The molecule has 0 aliphatic rings. The Balaban J connectivity index is 2.17. The fourth-order valence-corrected chi connectivity index (χ4v) is 1.06. The van der Waals surface area contributed by atoms with Crippen molar-refractivity contribution < 1.29 is 4.74 Å². The normalized spacial score (nSPS) is 9.31. The molecule has 0 saturated heterocycles. The Morgan fingerprint density at radius 3 is 2.69 bits per heavy atom. The molecular formula is C9H11NOS2. The molecule has 2 nitrogen and oxygen atoms in total. The topological polar surface area (TPSA) is 21.3 Å². The van der Waals surface area contributed by atoms with Gasteiger partial charge in [0.05, 0.1) is 6.54 Å². The quantitative estimate of drug-likeness (QED) is 0.453. The van der Waals surface area contributed by atoms with Crippen LogP contribution in [-0.4, -0.2) is 17.5 Å². The first kappa shape index (κ1) is 10.3. The van der Waals surface area contributed by atoms with Gasteiger partial charge in [0.1, 0.15) is 16.7 Å². The monoisotopic (exact) mass is 213 g/mol. The molecule has 1 aromatic carbocycles. The molecule has 1 aromatic rings. The summed E-state index contributed by atoms with van der Waals surface area (Å²) in [6.07, 6.45) is 0. The number of benzene rings is 1. The molecule has 13 heavy (non-hydrogen) atoms. The number of thiocarbonyl (C=S) groups is 1. The maximum atomic E-state index is 5.40. The van der Waals surface area contributed by atoms with Gasteiger partial charge in [0.15, 0.2) is 0 Å². The summed E-state index contributed by atoms with van der Waals surface area (Å²) in [5.41, 5.74) is 0. The van der Waals surface area contributed by atoms with Crippen LogP contribution in [0.1, 0.15) is 0 Å². The number of hydrogen-bond donors (Lipinski definition) is 2. The Morgan fingerprint density at radius 1 is 1.38 bits per heavy atom. The van der Waals surface area contributed by atoms with Crippen LogP contribution in [0.4, 0.5) is 0 Å². The van der Waals surface area contributed by atoms with Gasteiger partial charge in [-0.2, -0.15) is 0 Å². The van der Waals surface area contributed by atoms with E-state index in [1.54, 1.807) is 0 Å². The summed E-state index contributed by atoms with van der Waals surface area (Å²) in [6.45, 7) is 1.27. The zero-order chi connectivity index (χ0) is 9.52. The molecule has 0 radical (unpaired) electrons. The number of hydrogen-bond acceptors (Lipinski definition) is 2. The number of ether oxygens (including phenoxy) is 1. The first-order valence-electron chi connectivity index (χ1n) is 3.93. The molecule has 4 heteroatoms. The third-order valence-corrected chi connectivity index (χ3v) is 1.69. The van der Waals surface area contributed by atoms with Crippen molar-refractivity contribution in [2.45, 2.75) is 0 Å². The van der Waals surface area contributed by atoms with Crippen LogP contribution in [0.2, 0.25) is 0 Å². The number of rotatable bonds is 4. The number of thiol groups is 1. The van der Waals surface area contributed by atoms with Crippen molar-refractivity contribution in [2.24, 2.45) is 0 Å². The van der Waals surface area contributed by atoms with Gasteiger partial charge in [0.25, 0.3) is 0 Å². The molecule has 0 saturated carbocycles. The zero-order valence-electron chi connectivity index (χ0n) is 7.06. The van der Waals surface area contributed by atoms with Crippen molar-refractivity contribution >= 4 is 29.2 Å². The van der Waals surface area contributed by atoms with Crippen molar-refractivity contribution in [3.05, 3.63) is 30.3 Å². The Bertz CT molecular complexity index is 264. The zero-order valence-corrected chi connectivity index (χ0v) is 8.78. The SMILES string of the molecule is S=C(S)NCCOc1ccccc1. The molecule has 0 amide bonds. The number of nitrogens with one attached hydrogen (secondary N) is 1. The highest BCUT2D eigenvalue weighted by Gasteiger charge is 1.91. The molecule has 0 fully saturated rings.